The summed E-state index contributed by atoms with van der Waals surface area (Å²) in [5.74, 6) is 0. The number of aromatic nitrogens is 2. The molecule has 0 bridgehead atoms. The average Bonchev–Trinajstić information content (AvgIpc) is 2.96. The number of fused-ring (bicyclic) bond motifs is 1. The van der Waals surface area contributed by atoms with Crippen LogP contribution in [0.4, 0.5) is 0 Å². The maximum Gasteiger partial charge on any atom is 0.178 e. The predicted molar refractivity (Wildman–Crippen MR) is 86.0 cm³/mol. The lowest BCUT2D eigenvalue weighted by Gasteiger charge is -2.28. The first-order chi connectivity index (χ1) is 9.13. The number of nitrogens with zero attached hydrogens (tertiary/aromatic N) is 1. The predicted octanol–water partition coefficient (Wildman–Crippen LogP) is 5.43. The van der Waals surface area contributed by atoms with Crippen molar-refractivity contribution in [2.24, 2.45) is 5.41 Å². The van der Waals surface area contributed by atoms with Gasteiger partial charge in [0.25, 0.3) is 0 Å². The Labute approximate surface area is 127 Å². The first-order valence-corrected chi connectivity index (χ1v) is 8.22. The topological polar surface area (TPSA) is 20.7 Å². The van der Waals surface area contributed by atoms with Gasteiger partial charge in [0.15, 0.2) is 4.77 Å². The zero-order valence-electron chi connectivity index (χ0n) is 11.2. The fraction of sp³-hybridized carbons (Fsp3) is 0.533. The Hall–Kier alpha value is -0.610. The molecule has 0 radical (unpaired) electrons. The number of imidazole rings is 1. The molecule has 0 aliphatic heterocycles. The Bertz CT molecular complexity index is 650. The van der Waals surface area contributed by atoms with Gasteiger partial charge in [-0.15, -0.1) is 0 Å². The van der Waals surface area contributed by atoms with Crippen LogP contribution in [-0.4, -0.2) is 9.55 Å². The summed E-state index contributed by atoms with van der Waals surface area (Å²) in [6.07, 6.45) is 6.67. The molecule has 0 atom stereocenters. The summed E-state index contributed by atoms with van der Waals surface area (Å²) < 4.78 is 4.24. The molecule has 0 saturated heterocycles. The number of rotatable bonds is 3. The quantitative estimate of drug-likeness (QED) is 0.739. The van der Waals surface area contributed by atoms with Crippen molar-refractivity contribution in [3.8, 4) is 0 Å². The molecule has 2 aromatic rings. The van der Waals surface area contributed by atoms with E-state index in [9.17, 15) is 0 Å². The molecule has 1 saturated carbocycles. The van der Waals surface area contributed by atoms with Crippen LogP contribution in [0.5, 0.6) is 0 Å². The van der Waals surface area contributed by atoms with Gasteiger partial charge in [0.05, 0.1) is 11.0 Å². The van der Waals surface area contributed by atoms with E-state index in [1.807, 2.05) is 0 Å². The van der Waals surface area contributed by atoms with E-state index in [4.69, 9.17) is 12.2 Å². The van der Waals surface area contributed by atoms with E-state index in [0.717, 1.165) is 21.3 Å². The van der Waals surface area contributed by atoms with Gasteiger partial charge in [-0.2, -0.15) is 0 Å². The van der Waals surface area contributed by atoms with Crippen LogP contribution in [0.25, 0.3) is 11.0 Å². The largest absolute Gasteiger partial charge is 0.331 e. The average molecular weight is 339 g/mol. The van der Waals surface area contributed by atoms with Crippen LogP contribution >= 0.6 is 28.1 Å². The zero-order valence-corrected chi connectivity index (χ0v) is 13.6. The molecule has 0 unspecified atom stereocenters. The van der Waals surface area contributed by atoms with Crippen molar-refractivity contribution in [2.45, 2.75) is 45.6 Å². The molecular formula is C15H19BrN2S. The molecule has 1 aliphatic rings. The van der Waals surface area contributed by atoms with Crippen LogP contribution < -0.4 is 0 Å². The highest BCUT2D eigenvalue weighted by molar-refractivity contribution is 9.10. The molecular weight excluding hydrogens is 320 g/mol. The molecule has 1 heterocycles. The standard InChI is InChI=1S/C15H19BrN2S/c1-2-15(7-3-4-8-15)10-18-13-6-5-11(16)9-12(13)17-14(18)19/h5-6,9H,2-4,7-8,10H2,1H3,(H,17,19). The molecule has 3 rings (SSSR count). The van der Waals surface area contributed by atoms with Crippen molar-refractivity contribution in [2.75, 3.05) is 0 Å². The molecule has 0 spiro atoms. The number of benzene rings is 1. The van der Waals surface area contributed by atoms with Crippen LogP contribution in [-0.2, 0) is 6.54 Å². The van der Waals surface area contributed by atoms with E-state index >= 15 is 0 Å². The van der Waals surface area contributed by atoms with Crippen molar-refractivity contribution in [3.05, 3.63) is 27.4 Å². The number of aromatic amines is 1. The molecule has 1 aromatic carbocycles. The molecule has 1 N–H and O–H groups in total. The van der Waals surface area contributed by atoms with Crippen molar-refractivity contribution in [3.63, 3.8) is 0 Å². The van der Waals surface area contributed by atoms with Gasteiger partial charge in [0, 0.05) is 11.0 Å². The molecule has 1 aromatic heterocycles. The number of nitrogens with one attached hydrogen (secondary N) is 1. The molecule has 1 fully saturated rings. The second kappa shape index (κ2) is 5.06. The van der Waals surface area contributed by atoms with Crippen LogP contribution in [0, 0.1) is 10.2 Å². The second-order valence-electron chi connectivity index (χ2n) is 5.74. The Morgan fingerprint density at radius 2 is 2.11 bits per heavy atom. The Morgan fingerprint density at radius 1 is 1.37 bits per heavy atom. The van der Waals surface area contributed by atoms with Gasteiger partial charge in [-0.1, -0.05) is 35.7 Å². The van der Waals surface area contributed by atoms with Crippen molar-refractivity contribution < 1.29 is 0 Å². The van der Waals surface area contributed by atoms with Crippen molar-refractivity contribution in [1.29, 1.82) is 0 Å². The summed E-state index contributed by atoms with van der Waals surface area (Å²) in [5, 5.41) is 0. The van der Waals surface area contributed by atoms with E-state index in [-0.39, 0.29) is 0 Å². The van der Waals surface area contributed by atoms with Crippen LogP contribution in [0.1, 0.15) is 39.0 Å². The van der Waals surface area contributed by atoms with Crippen molar-refractivity contribution >= 4 is 39.2 Å². The monoisotopic (exact) mass is 338 g/mol. The highest BCUT2D eigenvalue weighted by Crippen LogP contribution is 2.42. The molecule has 102 valence electrons. The van der Waals surface area contributed by atoms with E-state index in [2.05, 4.69) is 50.6 Å². The van der Waals surface area contributed by atoms with Gasteiger partial charge in [-0.3, -0.25) is 0 Å². The van der Waals surface area contributed by atoms with Crippen LogP contribution in [0.3, 0.4) is 0 Å². The van der Waals surface area contributed by atoms with E-state index in [1.165, 1.54) is 37.6 Å². The summed E-state index contributed by atoms with van der Waals surface area (Å²) in [6.45, 7) is 3.38. The Balaban J connectivity index is 2.05. The number of halogens is 1. The van der Waals surface area contributed by atoms with Crippen molar-refractivity contribution in [1.82, 2.24) is 9.55 Å². The Morgan fingerprint density at radius 3 is 2.79 bits per heavy atom. The van der Waals surface area contributed by atoms with Gasteiger partial charge < -0.3 is 9.55 Å². The number of H-pyrrole nitrogens is 1. The highest BCUT2D eigenvalue weighted by Gasteiger charge is 2.32. The first-order valence-electron chi connectivity index (χ1n) is 7.02. The van der Waals surface area contributed by atoms with Gasteiger partial charge in [-0.25, -0.2) is 0 Å². The lowest BCUT2D eigenvalue weighted by Crippen LogP contribution is -2.22. The summed E-state index contributed by atoms with van der Waals surface area (Å²) in [7, 11) is 0. The van der Waals surface area contributed by atoms with Gasteiger partial charge in [-0.05, 0) is 55.1 Å². The summed E-state index contributed by atoms with van der Waals surface area (Å²) in [4.78, 5) is 3.33. The smallest absolute Gasteiger partial charge is 0.178 e. The van der Waals surface area contributed by atoms with Gasteiger partial charge in [0.1, 0.15) is 0 Å². The summed E-state index contributed by atoms with van der Waals surface area (Å²) in [6, 6.07) is 6.35. The molecule has 4 heteroatoms. The molecule has 1 aliphatic carbocycles. The minimum Gasteiger partial charge on any atom is -0.331 e. The number of hydrogen-bond donors (Lipinski definition) is 1. The summed E-state index contributed by atoms with van der Waals surface area (Å²) >= 11 is 9.04. The maximum atomic E-state index is 5.52. The summed E-state index contributed by atoms with van der Waals surface area (Å²) in [5.41, 5.74) is 2.82. The van der Waals surface area contributed by atoms with E-state index in [0.29, 0.717) is 5.41 Å². The van der Waals surface area contributed by atoms with Gasteiger partial charge >= 0.3 is 0 Å². The van der Waals surface area contributed by atoms with E-state index in [1.54, 1.807) is 0 Å². The third-order valence-corrected chi connectivity index (χ3v) is 5.46. The molecule has 19 heavy (non-hydrogen) atoms. The zero-order chi connectivity index (χ0) is 13.5. The Kier molecular flexibility index (Phi) is 3.56. The normalized spacial score (nSPS) is 18.2. The minimum atomic E-state index is 0.459. The fourth-order valence-electron chi connectivity index (χ4n) is 3.38. The first kappa shape index (κ1) is 13.4. The van der Waals surface area contributed by atoms with Crippen LogP contribution in [0.15, 0.2) is 22.7 Å². The molecule has 0 amide bonds. The van der Waals surface area contributed by atoms with E-state index < -0.39 is 0 Å². The highest BCUT2D eigenvalue weighted by atomic mass is 79.9. The number of hydrogen-bond acceptors (Lipinski definition) is 1. The SMILES string of the molecule is CCC1(Cn2c(=S)[nH]c3cc(Br)ccc32)CCCC1. The third-order valence-electron chi connectivity index (χ3n) is 4.64. The lowest BCUT2D eigenvalue weighted by molar-refractivity contribution is 0.239. The second-order valence-corrected chi connectivity index (χ2v) is 7.04. The maximum absolute atomic E-state index is 5.52. The minimum absolute atomic E-state index is 0.459. The molecule has 2 nitrogen and oxygen atoms in total. The third kappa shape index (κ3) is 2.40. The fourth-order valence-corrected chi connectivity index (χ4v) is 4.01. The van der Waals surface area contributed by atoms with Crippen LogP contribution in [0.2, 0.25) is 0 Å². The van der Waals surface area contributed by atoms with Gasteiger partial charge in [0.2, 0.25) is 0 Å². The lowest BCUT2D eigenvalue weighted by atomic mass is 9.83.